The Hall–Kier alpha value is -1.44. The number of aromatic nitrogens is 1. The normalized spacial score (nSPS) is 11.5. The van der Waals surface area contributed by atoms with Crippen molar-refractivity contribution in [2.45, 2.75) is 18.4 Å². The zero-order valence-electron chi connectivity index (χ0n) is 10.7. The first kappa shape index (κ1) is 14.0. The summed E-state index contributed by atoms with van der Waals surface area (Å²) in [5.74, 6) is 0. The highest BCUT2D eigenvalue weighted by molar-refractivity contribution is 7.89. The summed E-state index contributed by atoms with van der Waals surface area (Å²) in [6.45, 7) is 2.44. The molecule has 0 bridgehead atoms. The fourth-order valence-corrected chi connectivity index (χ4v) is 3.23. The smallest absolute Gasteiger partial charge is 0.242 e. The lowest BCUT2D eigenvalue weighted by Gasteiger charge is -2.10. The third-order valence-electron chi connectivity index (χ3n) is 2.54. The van der Waals surface area contributed by atoms with Crippen LogP contribution in [0.25, 0.3) is 0 Å². The predicted octanol–water partition coefficient (Wildman–Crippen LogP) is 1.97. The van der Waals surface area contributed by atoms with E-state index in [0.717, 1.165) is 10.7 Å². The lowest BCUT2D eigenvalue weighted by molar-refractivity contribution is 0.588. The van der Waals surface area contributed by atoms with Gasteiger partial charge < -0.3 is 5.32 Å². The monoisotopic (exact) mass is 297 g/mol. The minimum atomic E-state index is -3.46. The third-order valence-corrected chi connectivity index (χ3v) is 4.98. The van der Waals surface area contributed by atoms with Crippen LogP contribution in [0.1, 0.15) is 10.7 Å². The summed E-state index contributed by atoms with van der Waals surface area (Å²) in [4.78, 5) is 4.57. The largest absolute Gasteiger partial charge is 0.377 e. The van der Waals surface area contributed by atoms with Crippen molar-refractivity contribution in [3.8, 4) is 0 Å². The van der Waals surface area contributed by atoms with Crippen molar-refractivity contribution in [3.63, 3.8) is 0 Å². The summed E-state index contributed by atoms with van der Waals surface area (Å²) in [6.07, 6.45) is 0. The molecule has 1 aromatic heterocycles. The Morgan fingerprint density at radius 1 is 1.32 bits per heavy atom. The summed E-state index contributed by atoms with van der Waals surface area (Å²) in [5, 5.41) is 6.00. The molecule has 0 atom stereocenters. The molecule has 5 nitrogen and oxygen atoms in total. The van der Waals surface area contributed by atoms with Crippen LogP contribution in [0.15, 0.2) is 34.5 Å². The number of benzene rings is 1. The topological polar surface area (TPSA) is 71.1 Å². The molecule has 0 amide bonds. The number of rotatable bonds is 5. The number of hydrogen-bond donors (Lipinski definition) is 2. The highest BCUT2D eigenvalue weighted by atomic mass is 32.2. The van der Waals surface area contributed by atoms with Crippen molar-refractivity contribution in [3.05, 3.63) is 40.3 Å². The Bertz CT molecular complexity index is 665. The summed E-state index contributed by atoms with van der Waals surface area (Å²) in [5.41, 5.74) is 1.54. The van der Waals surface area contributed by atoms with Crippen molar-refractivity contribution < 1.29 is 8.42 Å². The molecule has 19 heavy (non-hydrogen) atoms. The first-order valence-electron chi connectivity index (χ1n) is 5.70. The Labute approximate surface area is 116 Å². The fourth-order valence-electron chi connectivity index (χ4n) is 1.61. The molecule has 2 rings (SSSR count). The van der Waals surface area contributed by atoms with E-state index in [1.807, 2.05) is 12.3 Å². The Morgan fingerprint density at radius 3 is 2.68 bits per heavy atom. The lowest BCUT2D eigenvalue weighted by atomic mass is 10.3. The number of hydrogen-bond acceptors (Lipinski definition) is 5. The van der Waals surface area contributed by atoms with E-state index in [-0.39, 0.29) is 4.90 Å². The van der Waals surface area contributed by atoms with Gasteiger partial charge >= 0.3 is 0 Å². The van der Waals surface area contributed by atoms with Crippen LogP contribution in [0.3, 0.4) is 0 Å². The van der Waals surface area contributed by atoms with Crippen LogP contribution >= 0.6 is 11.3 Å². The van der Waals surface area contributed by atoms with E-state index in [2.05, 4.69) is 15.0 Å². The standard InChI is InChI=1S/C12H15N3O2S2/c1-9-8-18-12(15-9)7-14-10-5-3-4-6-11(10)19(16,17)13-2/h3-6,8,13-14H,7H2,1-2H3. The average molecular weight is 297 g/mol. The van der Waals surface area contributed by atoms with Crippen LogP contribution in [0.2, 0.25) is 0 Å². The van der Waals surface area contributed by atoms with E-state index in [0.29, 0.717) is 12.2 Å². The van der Waals surface area contributed by atoms with Gasteiger partial charge in [0.25, 0.3) is 0 Å². The summed E-state index contributed by atoms with van der Waals surface area (Å²) in [7, 11) is -2.06. The van der Waals surface area contributed by atoms with Crippen molar-refractivity contribution in [2.75, 3.05) is 12.4 Å². The average Bonchev–Trinajstić information content (AvgIpc) is 2.82. The van der Waals surface area contributed by atoms with E-state index in [1.165, 1.54) is 7.05 Å². The maximum atomic E-state index is 11.9. The molecule has 0 aliphatic rings. The number of aryl methyl sites for hydroxylation is 1. The fraction of sp³-hybridized carbons (Fsp3) is 0.250. The Kier molecular flexibility index (Phi) is 4.18. The van der Waals surface area contributed by atoms with E-state index >= 15 is 0 Å². The second kappa shape index (κ2) is 5.68. The van der Waals surface area contributed by atoms with Gasteiger partial charge in [0.05, 0.1) is 12.2 Å². The minimum absolute atomic E-state index is 0.241. The molecule has 0 saturated carbocycles. The van der Waals surface area contributed by atoms with E-state index in [9.17, 15) is 8.42 Å². The van der Waals surface area contributed by atoms with Crippen molar-refractivity contribution in [2.24, 2.45) is 0 Å². The zero-order valence-corrected chi connectivity index (χ0v) is 12.3. The van der Waals surface area contributed by atoms with Gasteiger partial charge in [-0.2, -0.15) is 0 Å². The lowest BCUT2D eigenvalue weighted by Crippen LogP contribution is -2.20. The van der Waals surface area contributed by atoms with Crippen LogP contribution in [-0.4, -0.2) is 20.4 Å². The Balaban J connectivity index is 2.21. The second-order valence-corrected chi connectivity index (χ2v) is 6.74. The zero-order chi connectivity index (χ0) is 13.9. The van der Waals surface area contributed by atoms with Gasteiger partial charge in [0.15, 0.2) is 0 Å². The van der Waals surface area contributed by atoms with Crippen LogP contribution < -0.4 is 10.0 Å². The van der Waals surface area contributed by atoms with Gasteiger partial charge in [0.2, 0.25) is 10.0 Å². The molecule has 0 aliphatic heterocycles. The SMILES string of the molecule is CNS(=O)(=O)c1ccccc1NCc1nc(C)cs1. The maximum absolute atomic E-state index is 11.9. The first-order valence-corrected chi connectivity index (χ1v) is 8.06. The van der Waals surface area contributed by atoms with Gasteiger partial charge in [0.1, 0.15) is 9.90 Å². The summed E-state index contributed by atoms with van der Waals surface area (Å²) in [6, 6.07) is 6.80. The number of nitrogens with one attached hydrogen (secondary N) is 2. The van der Waals surface area contributed by atoms with Crippen molar-refractivity contribution in [1.82, 2.24) is 9.71 Å². The number of sulfonamides is 1. The van der Waals surface area contributed by atoms with Crippen molar-refractivity contribution in [1.29, 1.82) is 0 Å². The van der Waals surface area contributed by atoms with E-state index < -0.39 is 10.0 Å². The van der Waals surface area contributed by atoms with E-state index in [4.69, 9.17) is 0 Å². The molecule has 0 fully saturated rings. The highest BCUT2D eigenvalue weighted by Crippen LogP contribution is 2.21. The minimum Gasteiger partial charge on any atom is -0.377 e. The van der Waals surface area contributed by atoms with Crippen LogP contribution in [0.5, 0.6) is 0 Å². The molecule has 1 heterocycles. The van der Waals surface area contributed by atoms with Gasteiger partial charge in [-0.15, -0.1) is 11.3 Å². The number of thiazole rings is 1. The van der Waals surface area contributed by atoms with Crippen LogP contribution in [0, 0.1) is 6.92 Å². The molecular formula is C12H15N3O2S2. The molecule has 7 heteroatoms. The molecule has 2 aromatic rings. The van der Waals surface area contributed by atoms with Gasteiger partial charge in [0, 0.05) is 11.1 Å². The maximum Gasteiger partial charge on any atom is 0.242 e. The van der Waals surface area contributed by atoms with Gasteiger partial charge in [-0.25, -0.2) is 18.1 Å². The second-order valence-electron chi connectivity index (χ2n) is 3.94. The molecule has 2 N–H and O–H groups in total. The molecule has 0 saturated heterocycles. The number of para-hydroxylation sites is 1. The highest BCUT2D eigenvalue weighted by Gasteiger charge is 2.15. The molecule has 0 unspecified atom stereocenters. The predicted molar refractivity (Wildman–Crippen MR) is 76.9 cm³/mol. The third kappa shape index (κ3) is 3.31. The molecule has 0 aliphatic carbocycles. The van der Waals surface area contributed by atoms with E-state index in [1.54, 1.807) is 35.6 Å². The summed E-state index contributed by atoms with van der Waals surface area (Å²) < 4.78 is 26.1. The van der Waals surface area contributed by atoms with Crippen LogP contribution in [0.4, 0.5) is 5.69 Å². The van der Waals surface area contributed by atoms with Gasteiger partial charge in [-0.1, -0.05) is 12.1 Å². The molecule has 0 radical (unpaired) electrons. The van der Waals surface area contributed by atoms with Gasteiger partial charge in [-0.05, 0) is 26.1 Å². The molecule has 1 aromatic carbocycles. The molecule has 102 valence electrons. The molecule has 0 spiro atoms. The Morgan fingerprint density at radius 2 is 2.05 bits per heavy atom. The van der Waals surface area contributed by atoms with Gasteiger partial charge in [-0.3, -0.25) is 0 Å². The van der Waals surface area contributed by atoms with Crippen molar-refractivity contribution >= 4 is 27.0 Å². The molecular weight excluding hydrogens is 282 g/mol. The quantitative estimate of drug-likeness (QED) is 0.885. The first-order chi connectivity index (χ1) is 9.03. The number of nitrogens with zero attached hydrogens (tertiary/aromatic N) is 1. The number of anilines is 1. The summed E-state index contributed by atoms with van der Waals surface area (Å²) >= 11 is 1.55. The van der Waals surface area contributed by atoms with Crippen LogP contribution in [-0.2, 0) is 16.6 Å².